The van der Waals surface area contributed by atoms with E-state index in [1.54, 1.807) is 24.4 Å². The maximum absolute atomic E-state index is 13.2. The average Bonchev–Trinajstić information content (AvgIpc) is 2.34. The molecule has 0 unspecified atom stereocenters. The number of ketones is 1. The van der Waals surface area contributed by atoms with E-state index in [1.165, 1.54) is 12.1 Å². The van der Waals surface area contributed by atoms with Crippen LogP contribution >= 0.6 is 0 Å². The summed E-state index contributed by atoms with van der Waals surface area (Å²) in [5, 5.41) is 0. The topological polar surface area (TPSA) is 56.0 Å². The number of nitrogens with zero attached hydrogens (tertiary/aromatic N) is 1. The number of rotatable bonds is 3. The number of Topliss-reactive ketones (excluding diaryl/α,β-unsaturated/α-hetero) is 1. The standard InChI is InChI=1S/C13H11FN2O/c14-11-7-9(4-5-12(11)15)13(17)8-10-3-1-2-6-16-10/h1-7H,8,15H2. The summed E-state index contributed by atoms with van der Waals surface area (Å²) in [6.45, 7) is 0. The van der Waals surface area contributed by atoms with Crippen LogP contribution in [-0.2, 0) is 6.42 Å². The van der Waals surface area contributed by atoms with E-state index in [9.17, 15) is 9.18 Å². The summed E-state index contributed by atoms with van der Waals surface area (Å²) in [6.07, 6.45) is 1.77. The summed E-state index contributed by atoms with van der Waals surface area (Å²) >= 11 is 0. The molecule has 17 heavy (non-hydrogen) atoms. The lowest BCUT2D eigenvalue weighted by atomic mass is 10.1. The number of carbonyl (C=O) groups is 1. The van der Waals surface area contributed by atoms with Crippen molar-refractivity contribution in [2.75, 3.05) is 5.73 Å². The van der Waals surface area contributed by atoms with E-state index < -0.39 is 5.82 Å². The van der Waals surface area contributed by atoms with Gasteiger partial charge in [0.15, 0.2) is 5.78 Å². The van der Waals surface area contributed by atoms with Gasteiger partial charge in [0.05, 0.1) is 12.1 Å². The van der Waals surface area contributed by atoms with Gasteiger partial charge in [-0.25, -0.2) is 4.39 Å². The van der Waals surface area contributed by atoms with Crippen molar-refractivity contribution in [3.05, 3.63) is 59.7 Å². The van der Waals surface area contributed by atoms with Crippen molar-refractivity contribution in [3.63, 3.8) is 0 Å². The van der Waals surface area contributed by atoms with Crippen LogP contribution in [0, 0.1) is 5.82 Å². The van der Waals surface area contributed by atoms with Crippen molar-refractivity contribution in [2.24, 2.45) is 0 Å². The van der Waals surface area contributed by atoms with Crippen LogP contribution in [0.1, 0.15) is 16.1 Å². The number of anilines is 1. The lowest BCUT2D eigenvalue weighted by Crippen LogP contribution is -2.06. The maximum atomic E-state index is 13.2. The van der Waals surface area contributed by atoms with Gasteiger partial charge in [0.1, 0.15) is 5.82 Å². The molecule has 0 aliphatic heterocycles. The van der Waals surface area contributed by atoms with Crippen molar-refractivity contribution < 1.29 is 9.18 Å². The second kappa shape index (κ2) is 4.74. The van der Waals surface area contributed by atoms with Gasteiger partial charge in [0.25, 0.3) is 0 Å². The second-order valence-corrected chi connectivity index (χ2v) is 3.66. The summed E-state index contributed by atoms with van der Waals surface area (Å²) in [7, 11) is 0. The summed E-state index contributed by atoms with van der Waals surface area (Å²) < 4.78 is 13.2. The molecule has 1 heterocycles. The van der Waals surface area contributed by atoms with Crippen LogP contribution in [0.2, 0.25) is 0 Å². The first-order valence-corrected chi connectivity index (χ1v) is 5.15. The number of pyridine rings is 1. The zero-order valence-corrected chi connectivity index (χ0v) is 9.06. The fourth-order valence-corrected chi connectivity index (χ4v) is 1.47. The molecule has 0 bridgehead atoms. The van der Waals surface area contributed by atoms with Crippen molar-refractivity contribution >= 4 is 11.5 Å². The third-order valence-electron chi connectivity index (χ3n) is 2.39. The van der Waals surface area contributed by atoms with E-state index in [2.05, 4.69) is 4.98 Å². The Bertz CT molecular complexity index is 540. The molecule has 0 amide bonds. The lowest BCUT2D eigenvalue weighted by Gasteiger charge is -2.02. The minimum Gasteiger partial charge on any atom is -0.396 e. The molecule has 0 spiro atoms. The quantitative estimate of drug-likeness (QED) is 0.649. The molecule has 2 rings (SSSR count). The van der Waals surface area contributed by atoms with Gasteiger partial charge in [-0.1, -0.05) is 6.07 Å². The number of carbonyl (C=O) groups excluding carboxylic acids is 1. The largest absolute Gasteiger partial charge is 0.396 e. The van der Waals surface area contributed by atoms with Crippen LogP contribution in [0.3, 0.4) is 0 Å². The zero-order chi connectivity index (χ0) is 12.3. The minimum atomic E-state index is -0.572. The normalized spacial score (nSPS) is 10.2. The van der Waals surface area contributed by atoms with E-state index in [0.29, 0.717) is 11.3 Å². The summed E-state index contributed by atoms with van der Waals surface area (Å²) in [5.74, 6) is -0.750. The van der Waals surface area contributed by atoms with E-state index in [0.717, 1.165) is 6.07 Å². The van der Waals surface area contributed by atoms with E-state index in [-0.39, 0.29) is 17.9 Å². The van der Waals surface area contributed by atoms with Crippen molar-refractivity contribution in [1.82, 2.24) is 4.98 Å². The van der Waals surface area contributed by atoms with Crippen molar-refractivity contribution in [3.8, 4) is 0 Å². The van der Waals surface area contributed by atoms with Crippen LogP contribution in [-0.4, -0.2) is 10.8 Å². The Hall–Kier alpha value is -2.23. The Kier molecular flexibility index (Phi) is 3.14. The van der Waals surface area contributed by atoms with Gasteiger partial charge < -0.3 is 5.73 Å². The molecule has 0 atom stereocenters. The molecule has 1 aromatic heterocycles. The molecule has 2 N–H and O–H groups in total. The Morgan fingerprint density at radius 3 is 2.76 bits per heavy atom. The van der Waals surface area contributed by atoms with Crippen molar-refractivity contribution in [1.29, 1.82) is 0 Å². The Morgan fingerprint density at radius 2 is 2.12 bits per heavy atom. The molecule has 0 aliphatic rings. The molecule has 0 saturated heterocycles. The Labute approximate surface area is 98.1 Å². The molecular weight excluding hydrogens is 219 g/mol. The summed E-state index contributed by atoms with van der Waals surface area (Å²) in [4.78, 5) is 15.9. The van der Waals surface area contributed by atoms with Gasteiger partial charge >= 0.3 is 0 Å². The SMILES string of the molecule is Nc1ccc(C(=O)Cc2ccccn2)cc1F. The lowest BCUT2D eigenvalue weighted by molar-refractivity contribution is 0.0991. The maximum Gasteiger partial charge on any atom is 0.168 e. The van der Waals surface area contributed by atoms with Crippen LogP contribution in [0.4, 0.5) is 10.1 Å². The highest BCUT2D eigenvalue weighted by Crippen LogP contribution is 2.13. The fourth-order valence-electron chi connectivity index (χ4n) is 1.47. The average molecular weight is 230 g/mol. The molecule has 1 aromatic carbocycles. The molecule has 4 heteroatoms. The summed E-state index contributed by atoms with van der Waals surface area (Å²) in [5.41, 5.74) is 6.35. The minimum absolute atomic E-state index is 0.0411. The van der Waals surface area contributed by atoms with Gasteiger partial charge in [-0.15, -0.1) is 0 Å². The predicted octanol–water partition coefficient (Wildman–Crippen LogP) is 2.23. The highest BCUT2D eigenvalue weighted by Gasteiger charge is 2.09. The predicted molar refractivity (Wildman–Crippen MR) is 63.1 cm³/mol. The molecule has 86 valence electrons. The third-order valence-corrected chi connectivity index (χ3v) is 2.39. The van der Waals surface area contributed by atoms with E-state index >= 15 is 0 Å². The zero-order valence-electron chi connectivity index (χ0n) is 9.06. The smallest absolute Gasteiger partial charge is 0.168 e. The molecule has 0 fully saturated rings. The van der Waals surface area contributed by atoms with Crippen LogP contribution in [0.5, 0.6) is 0 Å². The van der Waals surface area contributed by atoms with Gasteiger partial charge in [0, 0.05) is 17.5 Å². The number of halogens is 1. The number of hydrogen-bond acceptors (Lipinski definition) is 3. The first kappa shape index (κ1) is 11.3. The molecule has 0 saturated carbocycles. The first-order chi connectivity index (χ1) is 8.16. The number of aromatic nitrogens is 1. The highest BCUT2D eigenvalue weighted by molar-refractivity contribution is 5.97. The number of hydrogen-bond donors (Lipinski definition) is 1. The molecular formula is C13H11FN2O. The molecule has 2 aromatic rings. The number of benzene rings is 1. The van der Waals surface area contributed by atoms with Gasteiger partial charge in [-0.2, -0.15) is 0 Å². The van der Waals surface area contributed by atoms with Gasteiger partial charge in [-0.3, -0.25) is 9.78 Å². The molecule has 3 nitrogen and oxygen atoms in total. The van der Waals surface area contributed by atoms with Gasteiger partial charge in [0.2, 0.25) is 0 Å². The van der Waals surface area contributed by atoms with Crippen LogP contribution in [0.15, 0.2) is 42.6 Å². The van der Waals surface area contributed by atoms with E-state index in [4.69, 9.17) is 5.73 Å². The third kappa shape index (κ3) is 2.66. The Balaban J connectivity index is 2.18. The Morgan fingerprint density at radius 1 is 1.29 bits per heavy atom. The van der Waals surface area contributed by atoms with Crippen LogP contribution < -0.4 is 5.73 Å². The highest BCUT2D eigenvalue weighted by atomic mass is 19.1. The van der Waals surface area contributed by atoms with Crippen LogP contribution in [0.25, 0.3) is 0 Å². The second-order valence-electron chi connectivity index (χ2n) is 3.66. The molecule has 0 radical (unpaired) electrons. The monoisotopic (exact) mass is 230 g/mol. The molecule has 0 aliphatic carbocycles. The van der Waals surface area contributed by atoms with Crippen molar-refractivity contribution in [2.45, 2.75) is 6.42 Å². The number of nitrogens with two attached hydrogens (primary N) is 1. The van der Waals surface area contributed by atoms with E-state index in [1.807, 2.05) is 0 Å². The van der Waals surface area contributed by atoms with Gasteiger partial charge in [-0.05, 0) is 30.3 Å². The fraction of sp³-hybridized carbons (Fsp3) is 0.0769. The summed E-state index contributed by atoms with van der Waals surface area (Å²) in [6, 6.07) is 9.40. The first-order valence-electron chi connectivity index (χ1n) is 5.15. The number of nitrogen functional groups attached to an aromatic ring is 1.